The maximum Gasteiger partial charge on any atom is 0.355 e. The summed E-state index contributed by atoms with van der Waals surface area (Å²) in [5.41, 5.74) is 2.46. The molecule has 0 aromatic carbocycles. The van der Waals surface area contributed by atoms with Crippen molar-refractivity contribution in [1.29, 1.82) is 5.26 Å². The molecule has 0 aliphatic carbocycles. The molecule has 0 unspecified atom stereocenters. The van der Waals surface area contributed by atoms with Crippen LogP contribution in [0.25, 0.3) is 0 Å². The molecular formula is C21H24N4O5. The monoisotopic (exact) mass is 412 g/mol. The largest absolute Gasteiger partial charge is 0.451 e. The van der Waals surface area contributed by atoms with Crippen molar-refractivity contribution < 1.29 is 23.9 Å². The Bertz CT molecular complexity index is 1020. The summed E-state index contributed by atoms with van der Waals surface area (Å²) >= 11 is 0. The number of H-pyrrole nitrogens is 1. The van der Waals surface area contributed by atoms with E-state index in [2.05, 4.69) is 16.4 Å². The Morgan fingerprint density at radius 1 is 1.40 bits per heavy atom. The highest BCUT2D eigenvalue weighted by molar-refractivity contribution is 5.98. The van der Waals surface area contributed by atoms with Gasteiger partial charge in [-0.25, -0.2) is 4.79 Å². The maximum absolute atomic E-state index is 12.4. The van der Waals surface area contributed by atoms with Crippen molar-refractivity contribution in [3.63, 3.8) is 0 Å². The number of nitrogens with zero attached hydrogens (tertiary/aromatic N) is 2. The van der Waals surface area contributed by atoms with E-state index in [1.807, 2.05) is 18.4 Å². The van der Waals surface area contributed by atoms with Gasteiger partial charge >= 0.3 is 5.97 Å². The zero-order valence-electron chi connectivity index (χ0n) is 17.2. The van der Waals surface area contributed by atoms with Crippen LogP contribution in [0.5, 0.6) is 0 Å². The van der Waals surface area contributed by atoms with Gasteiger partial charge in [0.2, 0.25) is 0 Å². The Balaban J connectivity index is 1.69. The summed E-state index contributed by atoms with van der Waals surface area (Å²) in [6.07, 6.45) is 3.33. The van der Waals surface area contributed by atoms with Crippen LogP contribution in [0.2, 0.25) is 0 Å². The number of aromatic nitrogens is 2. The van der Waals surface area contributed by atoms with Crippen LogP contribution < -0.4 is 5.32 Å². The Labute approximate surface area is 174 Å². The molecule has 30 heavy (non-hydrogen) atoms. The molecule has 1 fully saturated rings. The van der Waals surface area contributed by atoms with E-state index >= 15 is 0 Å². The van der Waals surface area contributed by atoms with Crippen LogP contribution in [0.4, 0.5) is 5.82 Å². The molecule has 9 nitrogen and oxygen atoms in total. The average molecular weight is 412 g/mol. The van der Waals surface area contributed by atoms with Crippen LogP contribution in [0.1, 0.15) is 57.4 Å². The van der Waals surface area contributed by atoms with Gasteiger partial charge in [-0.05, 0) is 45.2 Å². The molecule has 0 saturated carbocycles. The summed E-state index contributed by atoms with van der Waals surface area (Å²) < 4.78 is 12.6. The van der Waals surface area contributed by atoms with Gasteiger partial charge in [0.25, 0.3) is 5.91 Å². The molecule has 3 heterocycles. The molecule has 158 valence electrons. The van der Waals surface area contributed by atoms with Crippen molar-refractivity contribution in [2.24, 2.45) is 0 Å². The molecule has 9 heteroatoms. The molecule has 1 saturated heterocycles. The molecule has 1 aliphatic heterocycles. The number of nitrogens with one attached hydrogen (secondary N) is 2. The Kier molecular flexibility index (Phi) is 6.37. The topological polar surface area (TPSA) is 126 Å². The van der Waals surface area contributed by atoms with Crippen LogP contribution in [-0.2, 0) is 20.8 Å². The molecule has 1 aliphatic rings. The number of hydrogen-bond acceptors (Lipinski definition) is 6. The first-order valence-corrected chi connectivity index (χ1v) is 9.69. The minimum absolute atomic E-state index is 0.0267. The van der Waals surface area contributed by atoms with Gasteiger partial charge in [0.15, 0.2) is 12.4 Å². The third kappa shape index (κ3) is 4.44. The second-order valence-electron chi connectivity index (χ2n) is 7.27. The fourth-order valence-electron chi connectivity index (χ4n) is 3.44. The zero-order valence-corrected chi connectivity index (χ0v) is 17.2. The first-order chi connectivity index (χ1) is 14.3. The fourth-order valence-corrected chi connectivity index (χ4v) is 3.44. The van der Waals surface area contributed by atoms with E-state index in [-0.39, 0.29) is 17.6 Å². The number of Topliss-reactive ketones (excluding diaryl/α,β-unsaturated/α-hetero) is 1. The maximum atomic E-state index is 12.4. The number of carbonyl (C=O) groups excluding carboxylic acids is 3. The lowest BCUT2D eigenvalue weighted by Crippen LogP contribution is -2.25. The first-order valence-electron chi connectivity index (χ1n) is 9.69. The number of carbonyl (C=O) groups is 3. The van der Waals surface area contributed by atoms with Gasteiger partial charge in [0.1, 0.15) is 17.6 Å². The predicted molar refractivity (Wildman–Crippen MR) is 107 cm³/mol. The highest BCUT2D eigenvalue weighted by Gasteiger charge is 2.24. The average Bonchev–Trinajstić information content (AvgIpc) is 3.44. The van der Waals surface area contributed by atoms with Gasteiger partial charge in [-0.2, -0.15) is 5.26 Å². The molecule has 1 atom stereocenters. The number of aromatic amines is 1. The quantitative estimate of drug-likeness (QED) is 0.531. The van der Waals surface area contributed by atoms with Gasteiger partial charge in [0, 0.05) is 24.1 Å². The van der Waals surface area contributed by atoms with Crippen molar-refractivity contribution in [2.75, 3.05) is 18.5 Å². The lowest BCUT2D eigenvalue weighted by molar-refractivity contribution is -0.119. The Morgan fingerprint density at radius 3 is 2.77 bits per heavy atom. The standard InChI is InChI=1S/C21H24N4O5/c1-12-13(2)25(10-16-5-4-6-29-16)20(17(12)8-22)24-19(27)11-30-21(28)18-7-15(9-23-18)14(3)26/h7,9,16,23H,4-6,10-11H2,1-3H3,(H,24,27)/t16-/m1/s1. The Hall–Kier alpha value is -3.38. The minimum atomic E-state index is -0.750. The van der Waals surface area contributed by atoms with Gasteiger partial charge in [-0.3, -0.25) is 9.59 Å². The third-order valence-electron chi connectivity index (χ3n) is 5.25. The van der Waals surface area contributed by atoms with E-state index in [1.54, 1.807) is 0 Å². The number of esters is 1. The van der Waals surface area contributed by atoms with Crippen LogP contribution in [0.3, 0.4) is 0 Å². The molecule has 0 radical (unpaired) electrons. The SMILES string of the molecule is CC(=O)c1c[nH]c(C(=O)OCC(=O)Nc2c(C#N)c(C)c(C)n2C[C@H]2CCCO2)c1. The number of nitriles is 1. The number of rotatable bonds is 7. The number of amides is 1. The highest BCUT2D eigenvalue weighted by atomic mass is 16.5. The van der Waals surface area contributed by atoms with E-state index in [4.69, 9.17) is 9.47 Å². The number of ether oxygens (including phenoxy) is 2. The molecule has 2 aromatic rings. The highest BCUT2D eigenvalue weighted by Crippen LogP contribution is 2.28. The molecule has 1 amide bonds. The van der Waals surface area contributed by atoms with Crippen molar-refractivity contribution in [3.8, 4) is 6.07 Å². The van der Waals surface area contributed by atoms with Crippen molar-refractivity contribution in [3.05, 3.63) is 40.3 Å². The van der Waals surface area contributed by atoms with Gasteiger partial charge < -0.3 is 24.3 Å². The summed E-state index contributed by atoms with van der Waals surface area (Å²) in [5.74, 6) is -1.13. The van der Waals surface area contributed by atoms with Crippen molar-refractivity contribution in [1.82, 2.24) is 9.55 Å². The lowest BCUT2D eigenvalue weighted by atomic mass is 10.2. The number of anilines is 1. The van der Waals surface area contributed by atoms with Crippen LogP contribution in [-0.4, -0.2) is 46.5 Å². The second kappa shape index (κ2) is 8.97. The number of ketones is 1. The van der Waals surface area contributed by atoms with Crippen molar-refractivity contribution >= 4 is 23.5 Å². The van der Waals surface area contributed by atoms with E-state index in [1.165, 1.54) is 19.2 Å². The summed E-state index contributed by atoms with van der Waals surface area (Å²) in [6, 6.07) is 3.51. The first kappa shape index (κ1) is 21.3. The smallest absolute Gasteiger partial charge is 0.355 e. The summed E-state index contributed by atoms with van der Waals surface area (Å²) in [7, 11) is 0. The summed E-state index contributed by atoms with van der Waals surface area (Å²) in [4.78, 5) is 38.5. The molecule has 2 N–H and O–H groups in total. The lowest BCUT2D eigenvalue weighted by Gasteiger charge is -2.16. The van der Waals surface area contributed by atoms with Gasteiger partial charge in [-0.1, -0.05) is 0 Å². The van der Waals surface area contributed by atoms with Gasteiger partial charge in [-0.15, -0.1) is 0 Å². The predicted octanol–water partition coefficient (Wildman–Crippen LogP) is 2.48. The van der Waals surface area contributed by atoms with E-state index in [0.717, 1.165) is 24.1 Å². The third-order valence-corrected chi connectivity index (χ3v) is 5.25. The fraction of sp³-hybridized carbons (Fsp3) is 0.429. The van der Waals surface area contributed by atoms with E-state index < -0.39 is 18.5 Å². The number of hydrogen-bond donors (Lipinski definition) is 2. The molecule has 2 aromatic heterocycles. The van der Waals surface area contributed by atoms with Crippen LogP contribution in [0, 0.1) is 25.2 Å². The van der Waals surface area contributed by atoms with Crippen LogP contribution in [0.15, 0.2) is 12.3 Å². The van der Waals surface area contributed by atoms with E-state index in [9.17, 15) is 19.6 Å². The molecule has 3 rings (SSSR count). The molecule has 0 spiro atoms. The minimum Gasteiger partial charge on any atom is -0.451 e. The second-order valence-corrected chi connectivity index (χ2v) is 7.27. The van der Waals surface area contributed by atoms with Crippen LogP contribution >= 0.6 is 0 Å². The molecular weight excluding hydrogens is 388 g/mol. The normalized spacial score (nSPS) is 15.6. The van der Waals surface area contributed by atoms with E-state index in [0.29, 0.717) is 30.1 Å². The molecule has 0 bridgehead atoms. The van der Waals surface area contributed by atoms with Gasteiger partial charge in [0.05, 0.1) is 18.2 Å². The van der Waals surface area contributed by atoms with Crippen molar-refractivity contribution in [2.45, 2.75) is 46.3 Å². The summed E-state index contributed by atoms with van der Waals surface area (Å²) in [5, 5.41) is 12.3. The Morgan fingerprint density at radius 2 is 2.17 bits per heavy atom. The zero-order chi connectivity index (χ0) is 21.8. The summed E-state index contributed by atoms with van der Waals surface area (Å²) in [6.45, 7) is 5.80.